The third kappa shape index (κ3) is 7.90. The van der Waals surface area contributed by atoms with Gasteiger partial charge < -0.3 is 21.1 Å². The number of nitrogens with zero attached hydrogens (tertiary/aromatic N) is 1. The fourth-order valence-corrected chi connectivity index (χ4v) is 3.21. The van der Waals surface area contributed by atoms with Crippen LogP contribution in [0.5, 0.6) is 0 Å². The monoisotopic (exact) mass is 534 g/mol. The van der Waals surface area contributed by atoms with E-state index in [9.17, 15) is 14.3 Å². The lowest BCUT2D eigenvalue weighted by atomic mass is 10.00. The number of aliphatic hydroxyl groups is 1. The van der Waals surface area contributed by atoms with Crippen LogP contribution in [-0.2, 0) is 5.60 Å². The van der Waals surface area contributed by atoms with Gasteiger partial charge in [-0.05, 0) is 60.9 Å². The molecule has 1 aromatic heterocycles. The highest BCUT2D eigenvalue weighted by Crippen LogP contribution is 2.23. The van der Waals surface area contributed by atoms with E-state index in [1.165, 1.54) is 17.4 Å². The van der Waals surface area contributed by atoms with Gasteiger partial charge in [-0.2, -0.15) is 11.3 Å². The average Bonchev–Trinajstić information content (AvgIpc) is 3.21. The molecule has 0 bridgehead atoms. The molecule has 0 saturated heterocycles. The van der Waals surface area contributed by atoms with Crippen LogP contribution in [0.4, 0.5) is 4.39 Å². The summed E-state index contributed by atoms with van der Waals surface area (Å²) >= 11 is 1.53. The van der Waals surface area contributed by atoms with Gasteiger partial charge >= 0.3 is 0 Å². The van der Waals surface area contributed by atoms with Gasteiger partial charge in [-0.25, -0.2) is 9.38 Å². The van der Waals surface area contributed by atoms with Crippen LogP contribution < -0.4 is 16.0 Å². The number of halogens is 2. The van der Waals surface area contributed by atoms with Gasteiger partial charge in [-0.1, -0.05) is 6.07 Å². The van der Waals surface area contributed by atoms with E-state index in [1.54, 1.807) is 26.0 Å². The van der Waals surface area contributed by atoms with Crippen molar-refractivity contribution in [2.75, 3.05) is 26.2 Å². The lowest BCUT2D eigenvalue weighted by molar-refractivity contribution is 0.0677. The molecule has 2 rings (SSSR count). The molecular formula is C20H28FIN4O2S. The van der Waals surface area contributed by atoms with Gasteiger partial charge in [0.15, 0.2) is 5.96 Å². The van der Waals surface area contributed by atoms with Gasteiger partial charge in [0.1, 0.15) is 11.4 Å². The smallest absolute Gasteiger partial charge is 0.251 e. The van der Waals surface area contributed by atoms with Gasteiger partial charge in [0.05, 0.1) is 6.54 Å². The summed E-state index contributed by atoms with van der Waals surface area (Å²) in [6.07, 6.45) is 0. The number of thiophene rings is 1. The van der Waals surface area contributed by atoms with Crippen LogP contribution in [0, 0.1) is 12.7 Å². The molecule has 1 aromatic carbocycles. The molecule has 1 heterocycles. The zero-order chi connectivity index (χ0) is 20.6. The summed E-state index contributed by atoms with van der Waals surface area (Å²) in [6, 6.07) is 6.29. The molecule has 0 aliphatic carbocycles. The van der Waals surface area contributed by atoms with Crippen LogP contribution in [0.15, 0.2) is 40.0 Å². The van der Waals surface area contributed by atoms with E-state index in [0.717, 1.165) is 5.56 Å². The van der Waals surface area contributed by atoms with Crippen LogP contribution in [0.25, 0.3) is 0 Å². The standard InChI is InChI=1S/C20H27FN4O2S.HI/c1-4-22-19(25-13-20(3,27)16-7-10-28-12-16)24-9-8-23-18(26)15-6-5-14(2)17(21)11-15;/h5-7,10-12,27H,4,8-9,13H2,1-3H3,(H,23,26)(H2,22,24,25);1H. The maximum absolute atomic E-state index is 13.6. The van der Waals surface area contributed by atoms with Crippen molar-refractivity contribution in [1.82, 2.24) is 16.0 Å². The van der Waals surface area contributed by atoms with Crippen molar-refractivity contribution in [3.05, 3.63) is 57.5 Å². The number of rotatable bonds is 8. The Bertz CT molecular complexity index is 813. The third-order valence-corrected chi connectivity index (χ3v) is 4.85. The fraction of sp³-hybridized carbons (Fsp3) is 0.400. The maximum Gasteiger partial charge on any atom is 0.251 e. The lowest BCUT2D eigenvalue weighted by Crippen LogP contribution is -2.42. The van der Waals surface area contributed by atoms with Crippen molar-refractivity contribution in [2.24, 2.45) is 4.99 Å². The van der Waals surface area contributed by atoms with Gasteiger partial charge in [0.2, 0.25) is 0 Å². The molecule has 1 amide bonds. The Morgan fingerprint density at radius 3 is 2.59 bits per heavy atom. The normalized spacial score (nSPS) is 13.2. The second-order valence-corrected chi connectivity index (χ2v) is 7.41. The van der Waals surface area contributed by atoms with E-state index in [0.29, 0.717) is 31.2 Å². The molecule has 4 N–H and O–H groups in total. The first kappa shape index (κ1) is 25.3. The number of hydrogen-bond donors (Lipinski definition) is 4. The van der Waals surface area contributed by atoms with E-state index >= 15 is 0 Å². The third-order valence-electron chi connectivity index (χ3n) is 4.17. The number of amides is 1. The summed E-state index contributed by atoms with van der Waals surface area (Å²) in [5.41, 5.74) is 0.569. The molecule has 0 fully saturated rings. The summed E-state index contributed by atoms with van der Waals surface area (Å²) < 4.78 is 13.6. The van der Waals surface area contributed by atoms with Gasteiger partial charge in [0, 0.05) is 25.2 Å². The van der Waals surface area contributed by atoms with Gasteiger partial charge in [0.25, 0.3) is 5.91 Å². The summed E-state index contributed by atoms with van der Waals surface area (Å²) in [5, 5.41) is 23.3. The Morgan fingerprint density at radius 2 is 1.97 bits per heavy atom. The van der Waals surface area contributed by atoms with Gasteiger partial charge in [-0.3, -0.25) is 4.79 Å². The van der Waals surface area contributed by atoms with Crippen molar-refractivity contribution in [3.63, 3.8) is 0 Å². The number of hydrogen-bond acceptors (Lipinski definition) is 4. The number of nitrogens with one attached hydrogen (secondary N) is 3. The molecule has 29 heavy (non-hydrogen) atoms. The number of guanidine groups is 1. The summed E-state index contributed by atoms with van der Waals surface area (Å²) in [7, 11) is 0. The minimum atomic E-state index is -1.05. The lowest BCUT2D eigenvalue weighted by Gasteiger charge is -2.21. The first-order valence-electron chi connectivity index (χ1n) is 9.15. The molecule has 1 atom stereocenters. The van der Waals surface area contributed by atoms with E-state index in [1.807, 2.05) is 23.8 Å². The topological polar surface area (TPSA) is 85.8 Å². The molecule has 0 aliphatic heterocycles. The zero-order valence-corrected chi connectivity index (χ0v) is 19.9. The predicted octanol–water partition coefficient (Wildman–Crippen LogP) is 3.01. The highest BCUT2D eigenvalue weighted by molar-refractivity contribution is 14.0. The molecule has 160 valence electrons. The number of aryl methyl sites for hydroxylation is 1. The first-order valence-corrected chi connectivity index (χ1v) is 10.1. The molecule has 1 unspecified atom stereocenters. The minimum Gasteiger partial charge on any atom is -0.383 e. The molecule has 0 aliphatic rings. The van der Waals surface area contributed by atoms with E-state index in [-0.39, 0.29) is 42.0 Å². The van der Waals surface area contributed by atoms with Crippen LogP contribution in [0.1, 0.15) is 35.3 Å². The number of carbonyl (C=O) groups is 1. The van der Waals surface area contributed by atoms with Crippen LogP contribution in [0.3, 0.4) is 0 Å². The van der Waals surface area contributed by atoms with Crippen molar-refractivity contribution in [2.45, 2.75) is 26.4 Å². The Morgan fingerprint density at radius 1 is 1.24 bits per heavy atom. The van der Waals surface area contributed by atoms with E-state index in [2.05, 4.69) is 20.9 Å². The predicted molar refractivity (Wildman–Crippen MR) is 127 cm³/mol. The van der Waals surface area contributed by atoms with E-state index in [4.69, 9.17) is 0 Å². The molecule has 0 radical (unpaired) electrons. The SMILES string of the molecule is CCNC(=NCC(C)(O)c1ccsc1)NCCNC(=O)c1ccc(C)c(F)c1.I. The quantitative estimate of drug-likeness (QED) is 0.182. The summed E-state index contributed by atoms with van der Waals surface area (Å²) in [4.78, 5) is 16.5. The van der Waals surface area contributed by atoms with Crippen molar-refractivity contribution < 1.29 is 14.3 Å². The van der Waals surface area contributed by atoms with Crippen molar-refractivity contribution in [1.29, 1.82) is 0 Å². The molecule has 9 heteroatoms. The molecule has 2 aromatic rings. The van der Waals surface area contributed by atoms with Crippen LogP contribution >= 0.6 is 35.3 Å². The van der Waals surface area contributed by atoms with Crippen LogP contribution in [-0.4, -0.2) is 43.2 Å². The van der Waals surface area contributed by atoms with Crippen molar-refractivity contribution >= 4 is 47.2 Å². The number of benzene rings is 1. The molecular weight excluding hydrogens is 506 g/mol. The first-order chi connectivity index (χ1) is 13.3. The zero-order valence-electron chi connectivity index (χ0n) is 16.8. The second-order valence-electron chi connectivity index (χ2n) is 6.63. The molecule has 6 nitrogen and oxygen atoms in total. The Labute approximate surface area is 192 Å². The minimum absolute atomic E-state index is 0. The van der Waals surface area contributed by atoms with E-state index < -0.39 is 11.4 Å². The summed E-state index contributed by atoms with van der Waals surface area (Å²) in [6.45, 7) is 6.98. The molecule has 0 saturated carbocycles. The largest absolute Gasteiger partial charge is 0.383 e. The van der Waals surface area contributed by atoms with Crippen molar-refractivity contribution in [3.8, 4) is 0 Å². The maximum atomic E-state index is 13.6. The average molecular weight is 534 g/mol. The number of carbonyl (C=O) groups excluding carboxylic acids is 1. The molecule has 0 spiro atoms. The highest BCUT2D eigenvalue weighted by atomic mass is 127. The van der Waals surface area contributed by atoms with Crippen LogP contribution in [0.2, 0.25) is 0 Å². The fourth-order valence-electron chi connectivity index (χ4n) is 2.43. The van der Waals surface area contributed by atoms with Gasteiger partial charge in [-0.15, -0.1) is 24.0 Å². The Hall–Kier alpha value is -1.72. The highest BCUT2D eigenvalue weighted by Gasteiger charge is 2.23. The summed E-state index contributed by atoms with van der Waals surface area (Å²) in [5.74, 6) is -0.179. The Balaban J connectivity index is 0.00000420. The number of aliphatic imine (C=N–C) groups is 1. The Kier molecular flexibility index (Phi) is 10.5. The second kappa shape index (κ2) is 12.1.